The molecule has 0 bridgehead atoms. The number of likely N-dealkylation sites (tertiary alicyclic amines) is 1. The molecule has 1 saturated carbocycles. The molecule has 3 nitrogen and oxygen atoms in total. The van der Waals surface area contributed by atoms with Gasteiger partial charge in [-0.25, -0.2) is 0 Å². The van der Waals surface area contributed by atoms with Crippen LogP contribution in [0.25, 0.3) is 0 Å². The average Bonchev–Trinajstić information content (AvgIpc) is 3.18. The van der Waals surface area contributed by atoms with Gasteiger partial charge in [-0.2, -0.15) is 0 Å². The van der Waals surface area contributed by atoms with Gasteiger partial charge in [0.1, 0.15) is 0 Å². The Hall–Kier alpha value is -1.06. The summed E-state index contributed by atoms with van der Waals surface area (Å²) in [6.45, 7) is 4.91. The van der Waals surface area contributed by atoms with E-state index in [0.29, 0.717) is 0 Å². The van der Waals surface area contributed by atoms with Crippen molar-refractivity contribution < 1.29 is 0 Å². The molecule has 0 radical (unpaired) electrons. The number of benzene rings is 1. The van der Waals surface area contributed by atoms with E-state index in [1.165, 1.54) is 51.0 Å². The molecule has 3 rings (SSSR count). The zero-order valence-corrected chi connectivity index (χ0v) is 12.6. The van der Waals surface area contributed by atoms with Crippen molar-refractivity contribution in [2.45, 2.75) is 37.8 Å². The summed E-state index contributed by atoms with van der Waals surface area (Å²) in [5.74, 6) is 0. The molecule has 20 heavy (non-hydrogen) atoms. The number of rotatable bonds is 7. The van der Waals surface area contributed by atoms with E-state index in [1.54, 1.807) is 0 Å². The van der Waals surface area contributed by atoms with Crippen LogP contribution < -0.4 is 10.2 Å². The molecule has 1 unspecified atom stereocenters. The van der Waals surface area contributed by atoms with E-state index in [9.17, 15) is 0 Å². The molecular formula is C17H27N3. The minimum absolute atomic E-state index is 0.759. The van der Waals surface area contributed by atoms with E-state index >= 15 is 0 Å². The Morgan fingerprint density at radius 3 is 2.70 bits per heavy atom. The number of hydrogen-bond donors (Lipinski definition) is 1. The van der Waals surface area contributed by atoms with E-state index in [0.717, 1.165) is 18.6 Å². The van der Waals surface area contributed by atoms with Crippen molar-refractivity contribution >= 4 is 5.69 Å². The predicted molar refractivity (Wildman–Crippen MR) is 85.3 cm³/mol. The van der Waals surface area contributed by atoms with Gasteiger partial charge in [-0.15, -0.1) is 0 Å². The third kappa shape index (κ3) is 3.97. The van der Waals surface area contributed by atoms with Gasteiger partial charge in [0.2, 0.25) is 0 Å². The second kappa shape index (κ2) is 6.59. The standard InChI is InChI=1S/C17H27N3/c1-19(17-6-3-2-4-7-17)11-5-12-20-13-10-16(14-20)18-15-8-9-15/h2-4,6-7,15-16,18H,5,8-14H2,1H3. The molecule has 0 spiro atoms. The van der Waals surface area contributed by atoms with Crippen LogP contribution in [0.15, 0.2) is 30.3 Å². The molecule has 0 amide bonds. The SMILES string of the molecule is CN(CCCN1CCC(NC2CC2)C1)c1ccccc1. The Kier molecular flexibility index (Phi) is 4.58. The second-order valence-corrected chi connectivity index (χ2v) is 6.34. The van der Waals surface area contributed by atoms with Crippen molar-refractivity contribution in [1.29, 1.82) is 0 Å². The Labute approximate surface area is 123 Å². The second-order valence-electron chi connectivity index (χ2n) is 6.34. The summed E-state index contributed by atoms with van der Waals surface area (Å²) in [7, 11) is 2.19. The van der Waals surface area contributed by atoms with Gasteiger partial charge in [0.15, 0.2) is 0 Å². The van der Waals surface area contributed by atoms with Gasteiger partial charge in [0, 0.05) is 37.9 Å². The van der Waals surface area contributed by atoms with E-state index in [4.69, 9.17) is 0 Å². The van der Waals surface area contributed by atoms with Crippen LogP contribution in [0.2, 0.25) is 0 Å². The molecule has 1 heterocycles. The summed E-state index contributed by atoms with van der Waals surface area (Å²) in [6.07, 6.45) is 5.39. The van der Waals surface area contributed by atoms with Crippen LogP contribution in [0.3, 0.4) is 0 Å². The summed E-state index contributed by atoms with van der Waals surface area (Å²) < 4.78 is 0. The highest BCUT2D eigenvalue weighted by molar-refractivity contribution is 5.44. The molecule has 110 valence electrons. The zero-order chi connectivity index (χ0) is 13.8. The lowest BCUT2D eigenvalue weighted by Gasteiger charge is -2.22. The van der Waals surface area contributed by atoms with Gasteiger partial charge in [0.25, 0.3) is 0 Å². The third-order valence-electron chi connectivity index (χ3n) is 4.49. The summed E-state index contributed by atoms with van der Waals surface area (Å²) in [5.41, 5.74) is 1.32. The quantitative estimate of drug-likeness (QED) is 0.822. The van der Waals surface area contributed by atoms with Gasteiger partial charge in [-0.05, 0) is 50.9 Å². The van der Waals surface area contributed by atoms with Crippen LogP contribution in [-0.4, -0.2) is 50.2 Å². The number of hydrogen-bond acceptors (Lipinski definition) is 3. The Morgan fingerprint density at radius 1 is 1.15 bits per heavy atom. The van der Waals surface area contributed by atoms with Crippen LogP contribution in [0, 0.1) is 0 Å². The maximum atomic E-state index is 3.76. The van der Waals surface area contributed by atoms with Crippen LogP contribution >= 0.6 is 0 Å². The molecule has 1 atom stereocenters. The van der Waals surface area contributed by atoms with E-state index in [-0.39, 0.29) is 0 Å². The van der Waals surface area contributed by atoms with Gasteiger partial charge in [0.05, 0.1) is 0 Å². The lowest BCUT2D eigenvalue weighted by Crippen LogP contribution is -2.34. The first-order valence-corrected chi connectivity index (χ1v) is 8.06. The van der Waals surface area contributed by atoms with Crippen molar-refractivity contribution in [2.75, 3.05) is 38.1 Å². The molecule has 3 heteroatoms. The number of nitrogens with zero attached hydrogens (tertiary/aromatic N) is 2. The largest absolute Gasteiger partial charge is 0.375 e. The van der Waals surface area contributed by atoms with Crippen molar-refractivity contribution in [3.05, 3.63) is 30.3 Å². The highest BCUT2D eigenvalue weighted by atomic mass is 15.2. The van der Waals surface area contributed by atoms with Crippen molar-refractivity contribution in [1.82, 2.24) is 10.2 Å². The number of para-hydroxylation sites is 1. The highest BCUT2D eigenvalue weighted by Gasteiger charge is 2.28. The molecule has 1 aliphatic carbocycles. The molecule has 1 aliphatic heterocycles. The smallest absolute Gasteiger partial charge is 0.0363 e. The van der Waals surface area contributed by atoms with E-state index in [2.05, 4.69) is 52.5 Å². The van der Waals surface area contributed by atoms with Crippen LogP contribution in [0.1, 0.15) is 25.7 Å². The topological polar surface area (TPSA) is 18.5 Å². The molecular weight excluding hydrogens is 246 g/mol. The van der Waals surface area contributed by atoms with Gasteiger partial charge in [-0.3, -0.25) is 0 Å². The van der Waals surface area contributed by atoms with E-state index in [1.807, 2.05) is 0 Å². The molecule has 2 aliphatic rings. The summed E-state index contributed by atoms with van der Waals surface area (Å²) >= 11 is 0. The molecule has 1 N–H and O–H groups in total. The Morgan fingerprint density at radius 2 is 1.95 bits per heavy atom. The summed E-state index contributed by atoms with van der Waals surface area (Å²) in [5, 5.41) is 3.76. The first-order chi connectivity index (χ1) is 9.81. The fourth-order valence-electron chi connectivity index (χ4n) is 3.10. The predicted octanol–water partition coefficient (Wildman–Crippen LogP) is 2.34. The first kappa shape index (κ1) is 13.9. The van der Waals surface area contributed by atoms with Crippen molar-refractivity contribution in [3.63, 3.8) is 0 Å². The fraction of sp³-hybridized carbons (Fsp3) is 0.647. The minimum atomic E-state index is 0.759. The molecule has 0 aromatic heterocycles. The van der Waals surface area contributed by atoms with Crippen LogP contribution in [-0.2, 0) is 0 Å². The monoisotopic (exact) mass is 273 g/mol. The number of anilines is 1. The Bertz CT molecular complexity index is 402. The van der Waals surface area contributed by atoms with Gasteiger partial charge < -0.3 is 15.1 Å². The third-order valence-corrected chi connectivity index (χ3v) is 4.49. The molecule has 2 fully saturated rings. The number of nitrogens with one attached hydrogen (secondary N) is 1. The van der Waals surface area contributed by atoms with Crippen molar-refractivity contribution in [2.24, 2.45) is 0 Å². The van der Waals surface area contributed by atoms with Gasteiger partial charge >= 0.3 is 0 Å². The van der Waals surface area contributed by atoms with Crippen LogP contribution in [0.4, 0.5) is 5.69 Å². The first-order valence-electron chi connectivity index (χ1n) is 8.06. The molecule has 1 aromatic carbocycles. The normalized spacial score (nSPS) is 23.1. The maximum absolute atomic E-state index is 3.76. The highest BCUT2D eigenvalue weighted by Crippen LogP contribution is 2.22. The fourth-order valence-corrected chi connectivity index (χ4v) is 3.10. The lowest BCUT2D eigenvalue weighted by molar-refractivity contribution is 0.324. The summed E-state index contributed by atoms with van der Waals surface area (Å²) in [6, 6.07) is 12.3. The van der Waals surface area contributed by atoms with Gasteiger partial charge in [-0.1, -0.05) is 18.2 Å². The molecule has 1 saturated heterocycles. The average molecular weight is 273 g/mol. The minimum Gasteiger partial charge on any atom is -0.375 e. The molecule has 1 aromatic rings. The lowest BCUT2D eigenvalue weighted by atomic mass is 10.2. The van der Waals surface area contributed by atoms with E-state index < -0.39 is 0 Å². The summed E-state index contributed by atoms with van der Waals surface area (Å²) in [4.78, 5) is 4.98. The maximum Gasteiger partial charge on any atom is 0.0363 e. The van der Waals surface area contributed by atoms with Crippen molar-refractivity contribution in [3.8, 4) is 0 Å². The van der Waals surface area contributed by atoms with Crippen LogP contribution in [0.5, 0.6) is 0 Å². The zero-order valence-electron chi connectivity index (χ0n) is 12.6. The Balaban J connectivity index is 1.33.